The van der Waals surface area contributed by atoms with Gasteiger partial charge >= 0.3 is 0 Å². The first-order chi connectivity index (χ1) is 8.22. The number of hydrogen-bond donors (Lipinski definition) is 0. The van der Waals surface area contributed by atoms with Crippen molar-refractivity contribution in [1.82, 2.24) is 4.98 Å². The number of nitrogens with zero attached hydrogens (tertiary/aromatic N) is 2. The van der Waals surface area contributed by atoms with Gasteiger partial charge in [0.2, 0.25) is 0 Å². The lowest BCUT2D eigenvalue weighted by atomic mass is 10.1. The Labute approximate surface area is 108 Å². The highest BCUT2D eigenvalue weighted by Gasteiger charge is 2.12. The van der Waals surface area contributed by atoms with Gasteiger partial charge in [0.15, 0.2) is 5.22 Å². The Morgan fingerprint density at radius 3 is 2.47 bits per heavy atom. The molecule has 0 N–H and O–H groups in total. The highest BCUT2D eigenvalue weighted by Crippen LogP contribution is 2.31. The Bertz CT molecular complexity index is 596. The van der Waals surface area contributed by atoms with Gasteiger partial charge in [0.25, 0.3) is 0 Å². The van der Waals surface area contributed by atoms with Gasteiger partial charge in [-0.1, -0.05) is 11.6 Å². The maximum Gasteiger partial charge on any atom is 0.193 e. The number of hydrogen-bond acceptors (Lipinski definition) is 3. The van der Waals surface area contributed by atoms with E-state index in [0.29, 0.717) is 16.9 Å². The second-order valence-electron chi connectivity index (χ2n) is 3.14. The molecule has 0 atom stereocenters. The third kappa shape index (κ3) is 2.50. The molecule has 0 radical (unpaired) electrons. The Hall–Kier alpha value is -1.76. The molecule has 2 aromatic rings. The summed E-state index contributed by atoms with van der Waals surface area (Å²) in [7, 11) is 0. The first kappa shape index (κ1) is 11.7. The molecule has 0 unspecified atom stereocenters. The van der Waals surface area contributed by atoms with Crippen LogP contribution in [-0.4, -0.2) is 4.98 Å². The first-order valence-corrected chi connectivity index (χ1v) is 5.44. The van der Waals surface area contributed by atoms with Crippen LogP contribution in [0.25, 0.3) is 10.6 Å². The van der Waals surface area contributed by atoms with Crippen molar-refractivity contribution >= 4 is 33.8 Å². The molecular formula is C12H6Cl2N2O. The Morgan fingerprint density at radius 2 is 1.94 bits per heavy atom. The molecule has 0 saturated carbocycles. The van der Waals surface area contributed by atoms with Gasteiger partial charge in [-0.3, -0.25) is 4.98 Å². The lowest BCUT2D eigenvalue weighted by Gasteiger charge is -2.00. The van der Waals surface area contributed by atoms with E-state index in [-0.39, 0.29) is 10.3 Å². The van der Waals surface area contributed by atoms with Crippen molar-refractivity contribution in [3.63, 3.8) is 0 Å². The molecule has 0 aliphatic rings. The summed E-state index contributed by atoms with van der Waals surface area (Å²) in [6, 6.07) is 8.63. The zero-order valence-corrected chi connectivity index (χ0v) is 10.0. The van der Waals surface area contributed by atoms with Gasteiger partial charge in [-0.25, -0.2) is 0 Å². The molecular weight excluding hydrogens is 259 g/mol. The van der Waals surface area contributed by atoms with Crippen LogP contribution >= 0.6 is 23.2 Å². The number of furan rings is 1. The van der Waals surface area contributed by atoms with E-state index in [2.05, 4.69) is 4.98 Å². The van der Waals surface area contributed by atoms with Crippen molar-refractivity contribution in [1.29, 1.82) is 5.26 Å². The Balaban J connectivity index is 2.52. The molecule has 0 bridgehead atoms. The molecule has 0 amide bonds. The highest BCUT2D eigenvalue weighted by molar-refractivity contribution is 6.53. The van der Waals surface area contributed by atoms with Crippen LogP contribution in [0.2, 0.25) is 5.22 Å². The second kappa shape index (κ2) is 5.05. The van der Waals surface area contributed by atoms with Gasteiger partial charge in [0, 0.05) is 12.4 Å². The van der Waals surface area contributed by atoms with Crippen LogP contribution in [0.1, 0.15) is 11.3 Å². The predicted octanol–water partition coefficient (Wildman–Crippen LogP) is 3.96. The average Bonchev–Trinajstić information content (AvgIpc) is 2.78. The van der Waals surface area contributed by atoms with Gasteiger partial charge in [-0.15, -0.1) is 0 Å². The van der Waals surface area contributed by atoms with Crippen molar-refractivity contribution < 1.29 is 4.42 Å². The standard InChI is InChI=1S/C12H6Cl2N2O/c13-11-2-1-10(17-11)12(14)9(7-15)8-3-5-16-6-4-8/h1-6H/b12-9-. The number of aromatic nitrogens is 1. The molecule has 0 aliphatic carbocycles. The number of allylic oxidation sites excluding steroid dienone is 1. The number of pyridine rings is 1. The van der Waals surface area contributed by atoms with Gasteiger partial charge < -0.3 is 4.42 Å². The van der Waals surface area contributed by atoms with Crippen molar-refractivity contribution in [2.45, 2.75) is 0 Å². The monoisotopic (exact) mass is 264 g/mol. The van der Waals surface area contributed by atoms with E-state index in [1.165, 1.54) is 0 Å². The maximum atomic E-state index is 9.13. The molecule has 84 valence electrons. The topological polar surface area (TPSA) is 49.8 Å². The van der Waals surface area contributed by atoms with Crippen molar-refractivity contribution in [3.8, 4) is 6.07 Å². The third-order valence-corrected chi connectivity index (χ3v) is 2.67. The maximum absolute atomic E-state index is 9.13. The molecule has 0 saturated heterocycles. The summed E-state index contributed by atoms with van der Waals surface area (Å²) in [4.78, 5) is 3.88. The fourth-order valence-corrected chi connectivity index (χ4v) is 1.71. The first-order valence-electron chi connectivity index (χ1n) is 4.68. The number of nitriles is 1. The van der Waals surface area contributed by atoms with Crippen molar-refractivity contribution in [3.05, 3.63) is 53.2 Å². The normalized spacial score (nSPS) is 11.8. The molecule has 2 heterocycles. The van der Waals surface area contributed by atoms with Gasteiger partial charge in [-0.05, 0) is 41.4 Å². The predicted molar refractivity (Wildman–Crippen MR) is 66.2 cm³/mol. The average molecular weight is 265 g/mol. The smallest absolute Gasteiger partial charge is 0.193 e. The molecule has 3 nitrogen and oxygen atoms in total. The Morgan fingerprint density at radius 1 is 1.24 bits per heavy atom. The van der Waals surface area contributed by atoms with Crippen LogP contribution in [0.4, 0.5) is 0 Å². The van der Waals surface area contributed by atoms with E-state index >= 15 is 0 Å². The fraction of sp³-hybridized carbons (Fsp3) is 0. The van der Waals surface area contributed by atoms with Crippen LogP contribution in [0.3, 0.4) is 0 Å². The highest BCUT2D eigenvalue weighted by atomic mass is 35.5. The molecule has 0 aromatic carbocycles. The number of halogens is 2. The van der Waals surface area contributed by atoms with Crippen LogP contribution in [-0.2, 0) is 0 Å². The quantitative estimate of drug-likeness (QED) is 0.772. The largest absolute Gasteiger partial charge is 0.444 e. The minimum absolute atomic E-state index is 0.227. The van der Waals surface area contributed by atoms with E-state index in [1.807, 2.05) is 6.07 Å². The summed E-state index contributed by atoms with van der Waals surface area (Å²) in [5.74, 6) is 0.366. The summed E-state index contributed by atoms with van der Waals surface area (Å²) in [6.45, 7) is 0. The summed E-state index contributed by atoms with van der Waals surface area (Å²) < 4.78 is 5.16. The minimum Gasteiger partial charge on any atom is -0.444 e. The van der Waals surface area contributed by atoms with Gasteiger partial charge in [0.05, 0.1) is 5.57 Å². The SMILES string of the molecule is N#C/C(=C(/Cl)c1ccc(Cl)o1)c1ccncc1. The van der Waals surface area contributed by atoms with E-state index < -0.39 is 0 Å². The lowest BCUT2D eigenvalue weighted by molar-refractivity contribution is 0.558. The number of rotatable bonds is 2. The molecule has 2 rings (SSSR count). The zero-order valence-electron chi connectivity index (χ0n) is 8.52. The molecule has 0 fully saturated rings. The summed E-state index contributed by atoms with van der Waals surface area (Å²) >= 11 is 11.8. The van der Waals surface area contributed by atoms with Crippen molar-refractivity contribution in [2.24, 2.45) is 0 Å². The van der Waals surface area contributed by atoms with Gasteiger partial charge in [-0.2, -0.15) is 5.26 Å². The van der Waals surface area contributed by atoms with E-state index in [4.69, 9.17) is 32.9 Å². The zero-order chi connectivity index (χ0) is 12.3. The minimum atomic E-state index is 0.227. The van der Waals surface area contributed by atoms with Crippen LogP contribution in [0.5, 0.6) is 0 Å². The summed E-state index contributed by atoms with van der Waals surface area (Å²) in [6.07, 6.45) is 3.18. The summed E-state index contributed by atoms with van der Waals surface area (Å²) in [5.41, 5.74) is 1.00. The molecule has 5 heteroatoms. The van der Waals surface area contributed by atoms with Crippen molar-refractivity contribution in [2.75, 3.05) is 0 Å². The van der Waals surface area contributed by atoms with Crippen LogP contribution in [0, 0.1) is 11.3 Å². The molecule has 17 heavy (non-hydrogen) atoms. The molecule has 0 spiro atoms. The van der Waals surface area contributed by atoms with E-state index in [1.54, 1.807) is 36.7 Å². The van der Waals surface area contributed by atoms with Crippen LogP contribution < -0.4 is 0 Å². The molecule has 2 aromatic heterocycles. The molecule has 0 aliphatic heterocycles. The van der Waals surface area contributed by atoms with E-state index in [9.17, 15) is 0 Å². The second-order valence-corrected chi connectivity index (χ2v) is 3.89. The Kier molecular flexibility index (Phi) is 3.48. The van der Waals surface area contributed by atoms with E-state index in [0.717, 1.165) is 0 Å². The van der Waals surface area contributed by atoms with Gasteiger partial charge in [0.1, 0.15) is 16.9 Å². The van der Waals surface area contributed by atoms with Crippen LogP contribution in [0.15, 0.2) is 41.1 Å². The third-order valence-electron chi connectivity index (χ3n) is 2.09. The lowest BCUT2D eigenvalue weighted by Crippen LogP contribution is -1.85. The summed E-state index contributed by atoms with van der Waals surface area (Å²) in [5, 5.41) is 9.59. The fourth-order valence-electron chi connectivity index (χ4n) is 1.31.